The summed E-state index contributed by atoms with van der Waals surface area (Å²) in [5.74, 6) is 1.69. The third-order valence-electron chi connectivity index (χ3n) is 4.35. The van der Waals surface area contributed by atoms with E-state index < -0.39 is 0 Å². The fourth-order valence-electron chi connectivity index (χ4n) is 3.60. The summed E-state index contributed by atoms with van der Waals surface area (Å²) in [6.07, 6.45) is 3.84. The van der Waals surface area contributed by atoms with Crippen LogP contribution in [0, 0.1) is 5.92 Å². The van der Waals surface area contributed by atoms with Crippen molar-refractivity contribution in [1.29, 1.82) is 0 Å². The highest BCUT2D eigenvalue weighted by molar-refractivity contribution is 5.31. The molecule has 1 fully saturated rings. The van der Waals surface area contributed by atoms with Crippen molar-refractivity contribution in [3.8, 4) is 5.75 Å². The first-order valence-corrected chi connectivity index (χ1v) is 8.41. The topological polar surface area (TPSA) is 24.5 Å². The van der Waals surface area contributed by atoms with Crippen molar-refractivity contribution in [3.63, 3.8) is 0 Å². The molecule has 1 aromatic carbocycles. The summed E-state index contributed by atoms with van der Waals surface area (Å²) in [5.41, 5.74) is 1.41. The van der Waals surface area contributed by atoms with Crippen LogP contribution in [0.1, 0.15) is 44.7 Å². The number of benzene rings is 1. The van der Waals surface area contributed by atoms with E-state index >= 15 is 0 Å². The number of nitrogens with zero attached hydrogens (tertiary/aromatic N) is 1. The van der Waals surface area contributed by atoms with E-state index in [0.717, 1.165) is 18.9 Å². The van der Waals surface area contributed by atoms with Crippen molar-refractivity contribution >= 4 is 0 Å². The van der Waals surface area contributed by atoms with Gasteiger partial charge in [-0.1, -0.05) is 19.1 Å². The lowest BCUT2D eigenvalue weighted by atomic mass is 9.84. The molecule has 1 N–H and O–H groups in total. The van der Waals surface area contributed by atoms with Gasteiger partial charge in [0.05, 0.1) is 6.61 Å². The lowest BCUT2D eigenvalue weighted by Crippen LogP contribution is -2.42. The average molecular weight is 290 g/mol. The van der Waals surface area contributed by atoms with E-state index in [-0.39, 0.29) is 0 Å². The molecule has 0 saturated carbocycles. The molecule has 1 aliphatic heterocycles. The second-order valence-electron chi connectivity index (χ2n) is 5.95. The van der Waals surface area contributed by atoms with E-state index in [0.29, 0.717) is 12.0 Å². The van der Waals surface area contributed by atoms with Gasteiger partial charge in [0, 0.05) is 6.04 Å². The van der Waals surface area contributed by atoms with Crippen LogP contribution < -0.4 is 10.1 Å². The number of nitrogens with one attached hydrogen (secondary N) is 1. The van der Waals surface area contributed by atoms with E-state index in [1.54, 1.807) is 0 Å². The first-order valence-electron chi connectivity index (χ1n) is 8.41. The molecular formula is C18H30N2O. The molecule has 118 valence electrons. The zero-order valence-corrected chi connectivity index (χ0v) is 13.8. The van der Waals surface area contributed by atoms with Crippen LogP contribution in [0.15, 0.2) is 24.3 Å². The molecule has 21 heavy (non-hydrogen) atoms. The van der Waals surface area contributed by atoms with Gasteiger partial charge in [-0.05, 0) is 76.5 Å². The Labute approximate surface area is 129 Å². The van der Waals surface area contributed by atoms with E-state index in [1.165, 1.54) is 37.9 Å². The fourth-order valence-corrected chi connectivity index (χ4v) is 3.60. The molecule has 1 heterocycles. The van der Waals surface area contributed by atoms with Gasteiger partial charge < -0.3 is 10.1 Å². The monoisotopic (exact) mass is 290 g/mol. The Bertz CT molecular complexity index is 403. The minimum Gasteiger partial charge on any atom is -0.494 e. The highest BCUT2D eigenvalue weighted by Gasteiger charge is 2.31. The third-order valence-corrected chi connectivity index (χ3v) is 4.35. The van der Waals surface area contributed by atoms with Crippen LogP contribution in [-0.2, 0) is 0 Å². The van der Waals surface area contributed by atoms with Gasteiger partial charge in [0.2, 0.25) is 0 Å². The lowest BCUT2D eigenvalue weighted by molar-refractivity contribution is 0.0922. The quantitative estimate of drug-likeness (QED) is 0.832. The fraction of sp³-hybridized carbons (Fsp3) is 0.667. The maximum absolute atomic E-state index is 5.69. The van der Waals surface area contributed by atoms with E-state index in [9.17, 15) is 0 Å². The molecule has 0 spiro atoms. The summed E-state index contributed by atoms with van der Waals surface area (Å²) in [5, 5.41) is 3.38. The second-order valence-corrected chi connectivity index (χ2v) is 5.95. The number of piperidine rings is 1. The smallest absolute Gasteiger partial charge is 0.119 e. The Morgan fingerprint density at radius 2 is 2.19 bits per heavy atom. The van der Waals surface area contributed by atoms with Crippen molar-refractivity contribution in [1.82, 2.24) is 10.2 Å². The Morgan fingerprint density at radius 1 is 1.33 bits per heavy atom. The number of rotatable bonds is 7. The highest BCUT2D eigenvalue weighted by Crippen LogP contribution is 2.36. The second kappa shape index (κ2) is 8.40. The molecule has 0 amide bonds. The number of hydrogen-bond acceptors (Lipinski definition) is 3. The molecule has 0 bridgehead atoms. The summed E-state index contributed by atoms with van der Waals surface area (Å²) in [6, 6.07) is 9.23. The maximum Gasteiger partial charge on any atom is 0.119 e. The first kappa shape index (κ1) is 16.3. The molecule has 0 aliphatic carbocycles. The van der Waals surface area contributed by atoms with Crippen LogP contribution in [0.2, 0.25) is 0 Å². The molecule has 3 nitrogen and oxygen atoms in total. The standard InChI is InChI=1S/C18H30N2O/c1-4-11-20-12-7-9-16(14-19-3)18(20)15-8-6-10-17(13-15)21-5-2/h6,8,10,13,16,18-19H,4-5,7,9,11-12,14H2,1-3H3. The van der Waals surface area contributed by atoms with Crippen LogP contribution in [-0.4, -0.2) is 38.2 Å². The minimum absolute atomic E-state index is 0.520. The Morgan fingerprint density at radius 3 is 2.90 bits per heavy atom. The normalized spacial score (nSPS) is 23.2. The van der Waals surface area contributed by atoms with E-state index in [4.69, 9.17) is 4.74 Å². The van der Waals surface area contributed by atoms with Crippen molar-refractivity contribution < 1.29 is 4.74 Å². The molecule has 3 heteroatoms. The van der Waals surface area contributed by atoms with Gasteiger partial charge in [0.1, 0.15) is 5.75 Å². The summed E-state index contributed by atoms with van der Waals surface area (Å²) in [4.78, 5) is 2.66. The van der Waals surface area contributed by atoms with Crippen LogP contribution in [0.5, 0.6) is 5.75 Å². The molecule has 1 saturated heterocycles. The largest absolute Gasteiger partial charge is 0.494 e. The van der Waals surface area contributed by atoms with Gasteiger partial charge in [-0.3, -0.25) is 4.90 Å². The van der Waals surface area contributed by atoms with Crippen LogP contribution in [0.4, 0.5) is 0 Å². The van der Waals surface area contributed by atoms with Crippen molar-refractivity contribution in [2.24, 2.45) is 5.92 Å². The maximum atomic E-state index is 5.69. The van der Waals surface area contributed by atoms with Crippen molar-refractivity contribution in [2.45, 2.75) is 39.2 Å². The molecule has 2 atom stereocenters. The number of ether oxygens (including phenoxy) is 1. The Kier molecular flexibility index (Phi) is 6.52. The summed E-state index contributed by atoms with van der Waals surface area (Å²) < 4.78 is 5.69. The molecule has 2 unspecified atom stereocenters. The number of likely N-dealkylation sites (tertiary alicyclic amines) is 1. The zero-order chi connectivity index (χ0) is 15.1. The Balaban J connectivity index is 2.25. The summed E-state index contributed by atoms with van der Waals surface area (Å²) in [6.45, 7) is 8.54. The highest BCUT2D eigenvalue weighted by atomic mass is 16.5. The summed E-state index contributed by atoms with van der Waals surface area (Å²) >= 11 is 0. The average Bonchev–Trinajstić information content (AvgIpc) is 2.49. The lowest BCUT2D eigenvalue weighted by Gasteiger charge is -2.42. The van der Waals surface area contributed by atoms with E-state index in [2.05, 4.69) is 48.5 Å². The van der Waals surface area contributed by atoms with Gasteiger partial charge in [-0.2, -0.15) is 0 Å². The van der Waals surface area contributed by atoms with Crippen LogP contribution in [0.3, 0.4) is 0 Å². The number of hydrogen-bond donors (Lipinski definition) is 1. The minimum atomic E-state index is 0.520. The molecule has 0 radical (unpaired) electrons. The van der Waals surface area contributed by atoms with Crippen molar-refractivity contribution in [2.75, 3.05) is 33.3 Å². The SMILES string of the molecule is CCCN1CCCC(CNC)C1c1cccc(OCC)c1. The molecule has 0 aromatic heterocycles. The Hall–Kier alpha value is -1.06. The predicted octanol–water partition coefficient (Wildman–Crippen LogP) is 3.47. The van der Waals surface area contributed by atoms with Gasteiger partial charge in [-0.25, -0.2) is 0 Å². The first-order chi connectivity index (χ1) is 10.3. The third kappa shape index (κ3) is 4.21. The summed E-state index contributed by atoms with van der Waals surface area (Å²) in [7, 11) is 2.06. The molecular weight excluding hydrogens is 260 g/mol. The predicted molar refractivity (Wildman–Crippen MR) is 88.9 cm³/mol. The molecule has 1 aromatic rings. The van der Waals surface area contributed by atoms with Gasteiger partial charge in [0.15, 0.2) is 0 Å². The van der Waals surface area contributed by atoms with Gasteiger partial charge in [-0.15, -0.1) is 0 Å². The van der Waals surface area contributed by atoms with Crippen LogP contribution in [0.25, 0.3) is 0 Å². The van der Waals surface area contributed by atoms with Crippen LogP contribution >= 0.6 is 0 Å². The molecule has 1 aliphatic rings. The van der Waals surface area contributed by atoms with E-state index in [1.807, 2.05) is 6.92 Å². The zero-order valence-electron chi connectivity index (χ0n) is 13.8. The molecule has 2 rings (SSSR count). The van der Waals surface area contributed by atoms with Crippen molar-refractivity contribution in [3.05, 3.63) is 29.8 Å². The van der Waals surface area contributed by atoms with Gasteiger partial charge in [0.25, 0.3) is 0 Å². The van der Waals surface area contributed by atoms with Gasteiger partial charge >= 0.3 is 0 Å².